The highest BCUT2D eigenvalue weighted by Gasteiger charge is 1.96. The van der Waals surface area contributed by atoms with Crippen molar-refractivity contribution in [1.29, 1.82) is 0 Å². The summed E-state index contributed by atoms with van der Waals surface area (Å²) in [6.45, 7) is 0. The van der Waals surface area contributed by atoms with Crippen LogP contribution in [0.5, 0.6) is 0 Å². The van der Waals surface area contributed by atoms with E-state index in [0.29, 0.717) is 0 Å². The fourth-order valence-corrected chi connectivity index (χ4v) is 1.09. The second-order valence-corrected chi connectivity index (χ2v) is 2.57. The van der Waals surface area contributed by atoms with E-state index in [9.17, 15) is 0 Å². The number of hydrogen-bond acceptors (Lipinski definition) is 1. The Balaban J connectivity index is 2.15. The summed E-state index contributed by atoms with van der Waals surface area (Å²) < 4.78 is 5.18. The van der Waals surface area contributed by atoms with Crippen LogP contribution in [0.4, 0.5) is 0 Å². The van der Waals surface area contributed by atoms with Crippen LogP contribution < -0.4 is 0 Å². The molecule has 0 saturated carbocycles. The Kier molecular flexibility index (Phi) is 1.95. The van der Waals surface area contributed by atoms with E-state index in [1.165, 1.54) is 0 Å². The average molecular weight is 157 g/mol. The van der Waals surface area contributed by atoms with Crippen molar-refractivity contribution < 1.29 is 4.42 Å². The van der Waals surface area contributed by atoms with E-state index in [4.69, 9.17) is 4.42 Å². The summed E-state index contributed by atoms with van der Waals surface area (Å²) >= 11 is 0. The van der Waals surface area contributed by atoms with Crippen molar-refractivity contribution in [2.75, 3.05) is 0 Å². The number of furan rings is 1. The highest BCUT2D eigenvalue weighted by atomic mass is 16.3. The molecule has 0 fully saturated rings. The Morgan fingerprint density at radius 3 is 2.42 bits per heavy atom. The molecule has 0 N–H and O–H groups in total. The van der Waals surface area contributed by atoms with Crippen molar-refractivity contribution in [1.82, 2.24) is 0 Å². The molecule has 1 aromatic carbocycles. The Labute approximate surface area is 71.6 Å². The zero-order valence-corrected chi connectivity index (χ0v) is 6.60. The summed E-state index contributed by atoms with van der Waals surface area (Å²) in [5.74, 6) is 0.890. The first kappa shape index (κ1) is 7.17. The molecule has 12 heavy (non-hydrogen) atoms. The smallest absolute Gasteiger partial charge is 0.112 e. The van der Waals surface area contributed by atoms with Gasteiger partial charge in [0.1, 0.15) is 5.76 Å². The predicted molar refractivity (Wildman–Crippen MR) is 47.7 cm³/mol. The van der Waals surface area contributed by atoms with Crippen LogP contribution in [0.25, 0.3) is 0 Å². The van der Waals surface area contributed by atoms with Gasteiger partial charge in [0.25, 0.3) is 0 Å². The van der Waals surface area contributed by atoms with Gasteiger partial charge < -0.3 is 4.42 Å². The van der Waals surface area contributed by atoms with Crippen LogP contribution in [0.2, 0.25) is 0 Å². The molecule has 0 aliphatic rings. The first-order valence-corrected chi connectivity index (χ1v) is 3.88. The summed E-state index contributed by atoms with van der Waals surface area (Å²) in [7, 11) is 0. The van der Waals surface area contributed by atoms with Crippen molar-refractivity contribution in [2.45, 2.75) is 0 Å². The normalized spacial score (nSPS) is 10.0. The van der Waals surface area contributed by atoms with Crippen molar-refractivity contribution in [3.8, 4) is 0 Å². The number of benzene rings is 1. The van der Waals surface area contributed by atoms with Gasteiger partial charge in [-0.3, -0.25) is 0 Å². The van der Waals surface area contributed by atoms with Crippen LogP contribution in [-0.2, 0) is 0 Å². The van der Waals surface area contributed by atoms with Crippen molar-refractivity contribution in [3.63, 3.8) is 0 Å². The summed E-state index contributed by atoms with van der Waals surface area (Å²) in [4.78, 5) is 0. The summed E-state index contributed by atoms with van der Waals surface area (Å²) in [5.41, 5.74) is 1.16. The van der Waals surface area contributed by atoms with E-state index in [1.54, 1.807) is 6.26 Å². The van der Waals surface area contributed by atoms with Crippen LogP contribution >= 0.6 is 0 Å². The van der Waals surface area contributed by atoms with Gasteiger partial charge in [-0.2, -0.15) is 0 Å². The van der Waals surface area contributed by atoms with Gasteiger partial charge in [0.05, 0.1) is 12.7 Å². The molecule has 1 nitrogen and oxygen atoms in total. The van der Waals surface area contributed by atoms with Gasteiger partial charge in [-0.15, -0.1) is 0 Å². The van der Waals surface area contributed by atoms with Crippen molar-refractivity contribution in [3.05, 3.63) is 66.5 Å². The minimum atomic E-state index is 0.890. The molecule has 0 aliphatic carbocycles. The van der Waals surface area contributed by atoms with Crippen molar-refractivity contribution >= 4 is 0 Å². The molecule has 2 aromatic rings. The molecule has 0 atom stereocenters. The predicted octanol–water partition coefficient (Wildman–Crippen LogP) is 2.88. The molecule has 0 bridgehead atoms. The second-order valence-electron chi connectivity index (χ2n) is 2.57. The van der Waals surface area contributed by atoms with Gasteiger partial charge in [0.2, 0.25) is 0 Å². The SMILES string of the molecule is [CH](c1ccccc1)c1ccco1. The maximum absolute atomic E-state index is 5.18. The maximum atomic E-state index is 5.18. The molecule has 0 aliphatic heterocycles. The zero-order chi connectivity index (χ0) is 8.23. The number of hydrogen-bond donors (Lipinski definition) is 0. The van der Waals surface area contributed by atoms with Gasteiger partial charge in [0.15, 0.2) is 0 Å². The summed E-state index contributed by atoms with van der Waals surface area (Å²) in [6, 6.07) is 13.9. The second kappa shape index (κ2) is 3.26. The van der Waals surface area contributed by atoms with E-state index in [2.05, 4.69) is 0 Å². The third-order valence-corrected chi connectivity index (χ3v) is 1.65. The molecule has 0 amide bonds. The molecule has 0 spiro atoms. The molecular weight excluding hydrogens is 148 g/mol. The van der Waals surface area contributed by atoms with E-state index in [0.717, 1.165) is 11.3 Å². The van der Waals surface area contributed by atoms with Gasteiger partial charge >= 0.3 is 0 Å². The zero-order valence-electron chi connectivity index (χ0n) is 6.60. The van der Waals surface area contributed by atoms with Crippen LogP contribution in [0, 0.1) is 6.42 Å². The largest absolute Gasteiger partial charge is 0.469 e. The molecule has 1 heterocycles. The van der Waals surface area contributed by atoms with Crippen LogP contribution in [0.1, 0.15) is 11.3 Å². The maximum Gasteiger partial charge on any atom is 0.112 e. The quantitative estimate of drug-likeness (QED) is 0.653. The molecule has 2 rings (SSSR count). The number of rotatable bonds is 2. The average Bonchev–Trinajstić information content (AvgIpc) is 2.59. The molecular formula is C11H9O. The lowest BCUT2D eigenvalue weighted by atomic mass is 10.1. The van der Waals surface area contributed by atoms with E-state index >= 15 is 0 Å². The fraction of sp³-hybridized carbons (Fsp3) is 0. The van der Waals surface area contributed by atoms with Crippen molar-refractivity contribution in [2.24, 2.45) is 0 Å². The van der Waals surface area contributed by atoms with Crippen LogP contribution in [0.15, 0.2) is 53.1 Å². The fourth-order valence-electron chi connectivity index (χ4n) is 1.09. The lowest BCUT2D eigenvalue weighted by Gasteiger charge is -1.94. The van der Waals surface area contributed by atoms with Crippen LogP contribution in [-0.4, -0.2) is 0 Å². The van der Waals surface area contributed by atoms with Crippen LogP contribution in [0.3, 0.4) is 0 Å². The topological polar surface area (TPSA) is 13.1 Å². The molecule has 1 radical (unpaired) electrons. The van der Waals surface area contributed by atoms with E-state index in [-0.39, 0.29) is 0 Å². The monoisotopic (exact) mass is 157 g/mol. The highest BCUT2D eigenvalue weighted by Crippen LogP contribution is 2.10. The third kappa shape index (κ3) is 1.56. The Bertz CT molecular complexity index is 321. The Morgan fingerprint density at radius 2 is 1.75 bits per heavy atom. The van der Waals surface area contributed by atoms with Gasteiger partial charge in [0, 0.05) is 0 Å². The summed E-state index contributed by atoms with van der Waals surface area (Å²) in [6.07, 6.45) is 3.68. The summed E-state index contributed by atoms with van der Waals surface area (Å²) in [5, 5.41) is 0. The molecule has 1 heteroatoms. The minimum absolute atomic E-state index is 0.890. The lowest BCUT2D eigenvalue weighted by molar-refractivity contribution is 0.542. The first-order valence-electron chi connectivity index (χ1n) is 3.88. The molecule has 0 unspecified atom stereocenters. The minimum Gasteiger partial charge on any atom is -0.469 e. The molecule has 59 valence electrons. The van der Waals surface area contributed by atoms with Gasteiger partial charge in [-0.05, 0) is 17.7 Å². The standard InChI is InChI=1S/C11H9O/c1-2-5-10(6-3-1)9-11-7-4-8-12-11/h1-9H. The van der Waals surface area contributed by atoms with E-state index in [1.807, 2.05) is 48.9 Å². The molecule has 1 aromatic heterocycles. The first-order chi connectivity index (χ1) is 5.95. The third-order valence-electron chi connectivity index (χ3n) is 1.65. The Morgan fingerprint density at radius 1 is 0.917 bits per heavy atom. The lowest BCUT2D eigenvalue weighted by Crippen LogP contribution is -1.79. The molecule has 0 saturated heterocycles. The van der Waals surface area contributed by atoms with Gasteiger partial charge in [-0.25, -0.2) is 0 Å². The van der Waals surface area contributed by atoms with Gasteiger partial charge in [-0.1, -0.05) is 30.3 Å². The highest BCUT2D eigenvalue weighted by molar-refractivity contribution is 5.30. The Hall–Kier alpha value is -1.50. The van der Waals surface area contributed by atoms with E-state index < -0.39 is 0 Å².